The zero-order valence-electron chi connectivity index (χ0n) is 17.1. The van der Waals surface area contributed by atoms with E-state index in [0.29, 0.717) is 11.8 Å². The minimum atomic E-state index is -0.175. The van der Waals surface area contributed by atoms with Gasteiger partial charge in [-0.25, -0.2) is 4.98 Å². The minimum Gasteiger partial charge on any atom is -0.436 e. The fourth-order valence-corrected chi connectivity index (χ4v) is 3.23. The van der Waals surface area contributed by atoms with E-state index in [0.717, 1.165) is 34.3 Å². The second kappa shape index (κ2) is 8.78. The summed E-state index contributed by atoms with van der Waals surface area (Å²) < 4.78 is 5.92. The lowest BCUT2D eigenvalue weighted by molar-refractivity contribution is -0.111. The second-order valence-corrected chi connectivity index (χ2v) is 7.37. The van der Waals surface area contributed by atoms with Crippen LogP contribution in [0.4, 0.5) is 5.69 Å². The molecule has 150 valence electrons. The minimum absolute atomic E-state index is 0.175. The number of benzene rings is 3. The number of carbonyl (C=O) groups is 1. The zero-order valence-corrected chi connectivity index (χ0v) is 17.1. The highest BCUT2D eigenvalue weighted by molar-refractivity contribution is 6.02. The van der Waals surface area contributed by atoms with Crippen molar-refractivity contribution in [3.63, 3.8) is 0 Å². The molecule has 1 heterocycles. The molecular weight excluding hydrogens is 372 g/mol. The van der Waals surface area contributed by atoms with E-state index in [1.807, 2.05) is 60.7 Å². The molecule has 0 bridgehead atoms. The van der Waals surface area contributed by atoms with Gasteiger partial charge in [0.25, 0.3) is 0 Å². The topological polar surface area (TPSA) is 55.1 Å². The molecule has 1 amide bonds. The summed E-state index contributed by atoms with van der Waals surface area (Å²) in [6.07, 6.45) is 4.40. The van der Waals surface area contributed by atoms with Crippen LogP contribution in [0.15, 0.2) is 83.3 Å². The molecule has 1 aromatic heterocycles. The molecule has 4 aromatic rings. The molecule has 0 aliphatic carbocycles. The average Bonchev–Trinajstić information content (AvgIpc) is 3.22. The Labute approximate surface area is 176 Å². The number of carbonyl (C=O) groups excluding carboxylic acids is 1. The Morgan fingerprint density at radius 3 is 2.57 bits per heavy atom. The van der Waals surface area contributed by atoms with E-state index in [-0.39, 0.29) is 5.91 Å². The van der Waals surface area contributed by atoms with Crippen LogP contribution in [0.2, 0.25) is 0 Å². The van der Waals surface area contributed by atoms with E-state index >= 15 is 0 Å². The van der Waals surface area contributed by atoms with Crippen molar-refractivity contribution in [2.24, 2.45) is 0 Å². The maximum atomic E-state index is 12.1. The third-order valence-corrected chi connectivity index (χ3v) is 5.22. The van der Waals surface area contributed by atoms with Crippen LogP contribution in [0.1, 0.15) is 37.3 Å². The van der Waals surface area contributed by atoms with Crippen LogP contribution in [0.5, 0.6) is 0 Å². The molecule has 1 atom stereocenters. The number of anilines is 1. The Morgan fingerprint density at radius 2 is 1.83 bits per heavy atom. The van der Waals surface area contributed by atoms with Gasteiger partial charge in [-0.1, -0.05) is 50.2 Å². The molecule has 0 aliphatic heterocycles. The van der Waals surface area contributed by atoms with Crippen molar-refractivity contribution in [1.29, 1.82) is 0 Å². The fourth-order valence-electron chi connectivity index (χ4n) is 3.23. The highest BCUT2D eigenvalue weighted by Crippen LogP contribution is 2.28. The van der Waals surface area contributed by atoms with Crippen LogP contribution in [-0.4, -0.2) is 10.9 Å². The third-order valence-electron chi connectivity index (χ3n) is 5.22. The van der Waals surface area contributed by atoms with Gasteiger partial charge in [0.15, 0.2) is 5.58 Å². The van der Waals surface area contributed by atoms with Crippen LogP contribution in [0.25, 0.3) is 28.6 Å². The smallest absolute Gasteiger partial charge is 0.248 e. The highest BCUT2D eigenvalue weighted by atomic mass is 16.3. The van der Waals surface area contributed by atoms with Crippen molar-refractivity contribution in [3.05, 3.63) is 90.0 Å². The summed E-state index contributed by atoms with van der Waals surface area (Å²) in [7, 11) is 0. The maximum Gasteiger partial charge on any atom is 0.248 e. The Bertz CT molecular complexity index is 1170. The molecular formula is C26H24N2O2. The van der Waals surface area contributed by atoms with Crippen molar-refractivity contribution in [1.82, 2.24) is 4.98 Å². The summed E-state index contributed by atoms with van der Waals surface area (Å²) in [6, 6.07) is 23.4. The number of oxazole rings is 1. The number of aromatic nitrogens is 1. The van der Waals surface area contributed by atoms with E-state index < -0.39 is 0 Å². The summed E-state index contributed by atoms with van der Waals surface area (Å²) in [6.45, 7) is 4.39. The van der Waals surface area contributed by atoms with Gasteiger partial charge in [-0.2, -0.15) is 0 Å². The maximum absolute atomic E-state index is 12.1. The van der Waals surface area contributed by atoms with Crippen LogP contribution in [0.3, 0.4) is 0 Å². The van der Waals surface area contributed by atoms with Crippen molar-refractivity contribution in [2.75, 3.05) is 5.32 Å². The van der Waals surface area contributed by atoms with E-state index in [2.05, 4.69) is 36.3 Å². The molecule has 0 radical (unpaired) electrons. The first-order valence-corrected chi connectivity index (χ1v) is 10.2. The van der Waals surface area contributed by atoms with Gasteiger partial charge in [0.1, 0.15) is 5.52 Å². The largest absolute Gasteiger partial charge is 0.436 e. The third kappa shape index (κ3) is 4.49. The normalized spacial score (nSPS) is 12.3. The number of hydrogen-bond donors (Lipinski definition) is 1. The zero-order chi connectivity index (χ0) is 20.9. The molecule has 4 heteroatoms. The first-order chi connectivity index (χ1) is 14.6. The van der Waals surface area contributed by atoms with Crippen molar-refractivity contribution >= 4 is 28.8 Å². The Hall–Kier alpha value is -3.66. The molecule has 0 saturated heterocycles. The lowest BCUT2D eigenvalue weighted by Gasteiger charge is -2.07. The van der Waals surface area contributed by atoms with Gasteiger partial charge in [0.2, 0.25) is 11.8 Å². The predicted molar refractivity (Wildman–Crippen MR) is 122 cm³/mol. The number of nitrogens with one attached hydrogen (secondary N) is 1. The number of rotatable bonds is 6. The second-order valence-electron chi connectivity index (χ2n) is 7.37. The first-order valence-electron chi connectivity index (χ1n) is 10.2. The summed E-state index contributed by atoms with van der Waals surface area (Å²) >= 11 is 0. The Balaban J connectivity index is 1.46. The molecule has 1 unspecified atom stereocenters. The molecule has 30 heavy (non-hydrogen) atoms. The van der Waals surface area contributed by atoms with Crippen LogP contribution in [-0.2, 0) is 4.79 Å². The number of amides is 1. The number of nitrogens with zero attached hydrogens (tertiary/aromatic N) is 1. The van der Waals surface area contributed by atoms with Gasteiger partial charge in [-0.3, -0.25) is 4.79 Å². The molecule has 3 aromatic carbocycles. The van der Waals surface area contributed by atoms with Gasteiger partial charge in [0.05, 0.1) is 0 Å². The van der Waals surface area contributed by atoms with Crippen molar-refractivity contribution < 1.29 is 9.21 Å². The lowest BCUT2D eigenvalue weighted by atomic mass is 9.98. The molecule has 0 saturated carbocycles. The van der Waals surface area contributed by atoms with Crippen LogP contribution < -0.4 is 5.32 Å². The van der Waals surface area contributed by atoms with E-state index in [9.17, 15) is 4.79 Å². The predicted octanol–water partition coefficient (Wildman–Crippen LogP) is 6.66. The van der Waals surface area contributed by atoms with Gasteiger partial charge >= 0.3 is 0 Å². The highest BCUT2D eigenvalue weighted by Gasteiger charge is 2.11. The van der Waals surface area contributed by atoms with Crippen LogP contribution in [0, 0.1) is 0 Å². The standard InChI is InChI=1S/C26H24N2O2/c1-3-18(2)21-12-15-24-23(17-21)28-26(30-24)20-10-13-22(14-11-20)27-25(29)16-9-19-7-5-4-6-8-19/h4-18H,3H2,1-2H3,(H,27,29). The SMILES string of the molecule is CCC(C)c1ccc2oc(-c3ccc(NC(=O)C=Cc4ccccc4)cc3)nc2c1. The molecule has 1 N–H and O–H groups in total. The summed E-state index contributed by atoms with van der Waals surface area (Å²) in [4.78, 5) is 16.8. The van der Waals surface area contributed by atoms with Gasteiger partial charge in [-0.05, 0) is 65.9 Å². The number of fused-ring (bicyclic) bond motifs is 1. The number of hydrogen-bond acceptors (Lipinski definition) is 3. The molecule has 0 aliphatic rings. The first kappa shape index (κ1) is 19.6. The molecule has 0 spiro atoms. The fraction of sp³-hybridized carbons (Fsp3) is 0.154. The Morgan fingerprint density at radius 1 is 1.07 bits per heavy atom. The monoisotopic (exact) mass is 396 g/mol. The quantitative estimate of drug-likeness (QED) is 0.371. The average molecular weight is 396 g/mol. The van der Waals surface area contributed by atoms with E-state index in [1.165, 1.54) is 11.6 Å². The summed E-state index contributed by atoms with van der Waals surface area (Å²) in [5, 5.41) is 2.87. The van der Waals surface area contributed by atoms with Crippen molar-refractivity contribution in [3.8, 4) is 11.5 Å². The Kier molecular flexibility index (Phi) is 5.75. The summed E-state index contributed by atoms with van der Waals surface area (Å²) in [5.41, 5.74) is 5.49. The van der Waals surface area contributed by atoms with Crippen LogP contribution >= 0.6 is 0 Å². The van der Waals surface area contributed by atoms with E-state index in [1.54, 1.807) is 6.08 Å². The lowest BCUT2D eigenvalue weighted by Crippen LogP contribution is -2.07. The van der Waals surface area contributed by atoms with Crippen molar-refractivity contribution in [2.45, 2.75) is 26.2 Å². The molecule has 0 fully saturated rings. The van der Waals surface area contributed by atoms with Gasteiger partial charge < -0.3 is 9.73 Å². The van der Waals surface area contributed by atoms with Gasteiger partial charge in [-0.15, -0.1) is 0 Å². The summed E-state index contributed by atoms with van der Waals surface area (Å²) in [5.74, 6) is 0.896. The molecule has 4 rings (SSSR count). The van der Waals surface area contributed by atoms with Gasteiger partial charge in [0, 0.05) is 17.3 Å². The van der Waals surface area contributed by atoms with E-state index in [4.69, 9.17) is 4.42 Å². The molecule has 4 nitrogen and oxygen atoms in total.